The molecule has 3 aromatic rings. The second-order valence-electron chi connectivity index (χ2n) is 8.66. The highest BCUT2D eigenvalue weighted by atomic mass is 32.1. The summed E-state index contributed by atoms with van der Waals surface area (Å²) in [6, 6.07) is 16.2. The van der Waals surface area contributed by atoms with Crippen LogP contribution in [0.3, 0.4) is 0 Å². The van der Waals surface area contributed by atoms with E-state index >= 15 is 0 Å². The fourth-order valence-electron chi connectivity index (χ4n) is 4.41. The molecule has 1 aromatic carbocycles. The Balaban J connectivity index is 1.57. The maximum absolute atomic E-state index is 13.6. The van der Waals surface area contributed by atoms with Gasteiger partial charge < -0.3 is 15.5 Å². The van der Waals surface area contributed by atoms with Crippen molar-refractivity contribution in [2.24, 2.45) is 0 Å². The van der Waals surface area contributed by atoms with E-state index in [1.165, 1.54) is 11.3 Å². The van der Waals surface area contributed by atoms with Gasteiger partial charge in [-0.15, -0.1) is 11.3 Å². The minimum absolute atomic E-state index is 0.117. The van der Waals surface area contributed by atoms with Crippen LogP contribution in [0.15, 0.2) is 72.4 Å². The molecular formula is C27H30N4O3S. The number of rotatable bonds is 10. The zero-order valence-electron chi connectivity index (χ0n) is 19.6. The predicted octanol–water partition coefficient (Wildman–Crippen LogP) is 3.74. The molecule has 0 bridgehead atoms. The lowest BCUT2D eigenvalue weighted by molar-refractivity contribution is -0.140. The second-order valence-corrected chi connectivity index (χ2v) is 9.61. The molecule has 7 nitrogen and oxygen atoms in total. The van der Waals surface area contributed by atoms with Crippen LogP contribution >= 0.6 is 11.3 Å². The van der Waals surface area contributed by atoms with Crippen LogP contribution in [0.5, 0.6) is 0 Å². The lowest BCUT2D eigenvalue weighted by Gasteiger charge is -2.32. The average molecular weight is 491 g/mol. The van der Waals surface area contributed by atoms with Crippen molar-refractivity contribution < 1.29 is 14.4 Å². The Morgan fingerprint density at radius 3 is 2.51 bits per heavy atom. The van der Waals surface area contributed by atoms with Crippen molar-refractivity contribution in [3.63, 3.8) is 0 Å². The zero-order valence-corrected chi connectivity index (χ0v) is 20.4. The van der Waals surface area contributed by atoms with Gasteiger partial charge in [0.1, 0.15) is 6.04 Å². The number of hydrogen-bond acceptors (Lipinski definition) is 5. The number of aromatic nitrogens is 1. The van der Waals surface area contributed by atoms with Crippen LogP contribution in [-0.4, -0.2) is 46.7 Å². The van der Waals surface area contributed by atoms with E-state index in [0.717, 1.165) is 31.2 Å². The van der Waals surface area contributed by atoms with Crippen LogP contribution in [0.4, 0.5) is 0 Å². The van der Waals surface area contributed by atoms with Crippen molar-refractivity contribution >= 4 is 29.1 Å². The van der Waals surface area contributed by atoms with Crippen LogP contribution < -0.4 is 10.6 Å². The smallest absolute Gasteiger partial charge is 0.261 e. The molecule has 35 heavy (non-hydrogen) atoms. The summed E-state index contributed by atoms with van der Waals surface area (Å²) in [5.74, 6) is -0.832. The minimum atomic E-state index is -0.834. The number of amides is 3. The maximum Gasteiger partial charge on any atom is 0.261 e. The molecule has 1 aliphatic rings. The molecular weight excluding hydrogens is 460 g/mol. The molecule has 1 unspecified atom stereocenters. The molecule has 182 valence electrons. The highest BCUT2D eigenvalue weighted by molar-refractivity contribution is 7.12. The standard InChI is InChI=1S/C27H30N4O3S/c32-24(19-29-26(33)23-13-7-17-35-23)31(16-14-20-8-2-1-3-9-20)25(21-10-6-15-28-18-21)27(34)30-22-11-4-5-12-22/h1-3,6-10,13,15,17-18,22,25H,4-5,11-12,14,16,19H2,(H,29,33)(H,30,34). The van der Waals surface area contributed by atoms with E-state index in [9.17, 15) is 14.4 Å². The van der Waals surface area contributed by atoms with Crippen LogP contribution in [0.2, 0.25) is 0 Å². The van der Waals surface area contributed by atoms with Crippen molar-refractivity contribution in [2.45, 2.75) is 44.2 Å². The Morgan fingerprint density at radius 1 is 1.03 bits per heavy atom. The van der Waals surface area contributed by atoms with Crippen LogP contribution in [0.1, 0.15) is 52.5 Å². The first-order chi connectivity index (χ1) is 17.1. The van der Waals surface area contributed by atoms with Gasteiger partial charge in [-0.2, -0.15) is 0 Å². The summed E-state index contributed by atoms with van der Waals surface area (Å²) in [4.78, 5) is 45.8. The topological polar surface area (TPSA) is 91.4 Å². The Kier molecular flexibility index (Phi) is 8.62. The molecule has 1 aliphatic carbocycles. The first-order valence-electron chi connectivity index (χ1n) is 12.0. The van der Waals surface area contributed by atoms with Gasteiger partial charge in [0.25, 0.3) is 5.91 Å². The van der Waals surface area contributed by atoms with Crippen molar-refractivity contribution in [1.29, 1.82) is 0 Å². The first kappa shape index (κ1) is 24.6. The van der Waals surface area contributed by atoms with E-state index in [2.05, 4.69) is 15.6 Å². The number of pyridine rings is 1. The summed E-state index contributed by atoms with van der Waals surface area (Å²) >= 11 is 1.32. The van der Waals surface area contributed by atoms with Crippen molar-refractivity contribution in [3.05, 3.63) is 88.4 Å². The minimum Gasteiger partial charge on any atom is -0.351 e. The molecule has 0 spiro atoms. The summed E-state index contributed by atoms with van der Waals surface area (Å²) in [5, 5.41) is 7.68. The third kappa shape index (κ3) is 6.76. The summed E-state index contributed by atoms with van der Waals surface area (Å²) in [6.07, 6.45) is 7.93. The quantitative estimate of drug-likeness (QED) is 0.453. The molecule has 2 aromatic heterocycles. The van der Waals surface area contributed by atoms with Gasteiger partial charge in [-0.05, 0) is 42.3 Å². The highest BCUT2D eigenvalue weighted by Crippen LogP contribution is 2.24. The Hall–Kier alpha value is -3.52. The number of carbonyl (C=O) groups is 3. The number of benzene rings is 1. The van der Waals surface area contributed by atoms with E-state index < -0.39 is 6.04 Å². The molecule has 8 heteroatoms. The number of nitrogens with one attached hydrogen (secondary N) is 2. The molecule has 1 saturated carbocycles. The van der Waals surface area contributed by atoms with Gasteiger partial charge in [0.2, 0.25) is 11.8 Å². The number of carbonyl (C=O) groups excluding carboxylic acids is 3. The van der Waals surface area contributed by atoms with E-state index in [4.69, 9.17) is 0 Å². The molecule has 1 atom stereocenters. The van der Waals surface area contributed by atoms with E-state index in [1.807, 2.05) is 41.8 Å². The zero-order chi connectivity index (χ0) is 24.5. The number of thiophene rings is 1. The largest absolute Gasteiger partial charge is 0.351 e. The van der Waals surface area contributed by atoms with Gasteiger partial charge in [-0.1, -0.05) is 55.3 Å². The first-order valence-corrected chi connectivity index (χ1v) is 12.8. The van der Waals surface area contributed by atoms with Gasteiger partial charge in [0.05, 0.1) is 11.4 Å². The normalized spacial score (nSPS) is 14.3. The summed E-state index contributed by atoms with van der Waals surface area (Å²) in [7, 11) is 0. The molecule has 0 aliphatic heterocycles. The Labute approximate surface area is 209 Å². The Bertz CT molecular complexity index is 1100. The van der Waals surface area contributed by atoms with Crippen LogP contribution in [0, 0.1) is 0 Å². The van der Waals surface area contributed by atoms with Crippen molar-refractivity contribution in [3.8, 4) is 0 Å². The SMILES string of the molecule is O=C(NCC(=O)N(CCc1ccccc1)C(C(=O)NC1CCCC1)c1cccnc1)c1cccs1. The lowest BCUT2D eigenvalue weighted by Crippen LogP contribution is -2.49. The second kappa shape index (κ2) is 12.3. The highest BCUT2D eigenvalue weighted by Gasteiger charge is 2.33. The van der Waals surface area contributed by atoms with Crippen molar-refractivity contribution in [1.82, 2.24) is 20.5 Å². The fourth-order valence-corrected chi connectivity index (χ4v) is 5.05. The van der Waals surface area contributed by atoms with Crippen molar-refractivity contribution in [2.75, 3.05) is 13.1 Å². The van der Waals surface area contributed by atoms with Gasteiger partial charge in [-0.3, -0.25) is 19.4 Å². The van der Waals surface area contributed by atoms with E-state index in [-0.39, 0.29) is 30.3 Å². The van der Waals surface area contributed by atoms with Gasteiger partial charge >= 0.3 is 0 Å². The number of hydrogen-bond donors (Lipinski definition) is 2. The monoisotopic (exact) mass is 490 g/mol. The molecule has 0 saturated heterocycles. The molecule has 4 rings (SSSR count). The summed E-state index contributed by atoms with van der Waals surface area (Å²) in [6.45, 7) is 0.133. The average Bonchev–Trinajstić information content (AvgIpc) is 3.61. The third-order valence-electron chi connectivity index (χ3n) is 6.21. The van der Waals surface area contributed by atoms with E-state index in [0.29, 0.717) is 23.4 Å². The molecule has 2 N–H and O–H groups in total. The molecule has 0 radical (unpaired) electrons. The lowest BCUT2D eigenvalue weighted by atomic mass is 10.0. The van der Waals surface area contributed by atoms with Gasteiger partial charge in [0.15, 0.2) is 0 Å². The third-order valence-corrected chi connectivity index (χ3v) is 7.08. The van der Waals surface area contributed by atoms with Crippen LogP contribution in [0.25, 0.3) is 0 Å². The van der Waals surface area contributed by atoms with E-state index in [1.54, 1.807) is 35.5 Å². The van der Waals surface area contributed by atoms with Gasteiger partial charge in [-0.25, -0.2) is 0 Å². The summed E-state index contributed by atoms with van der Waals surface area (Å²) < 4.78 is 0. The molecule has 2 heterocycles. The fraction of sp³-hybridized carbons (Fsp3) is 0.333. The maximum atomic E-state index is 13.6. The predicted molar refractivity (Wildman–Crippen MR) is 136 cm³/mol. The van der Waals surface area contributed by atoms with Crippen LogP contribution in [-0.2, 0) is 16.0 Å². The summed E-state index contributed by atoms with van der Waals surface area (Å²) in [5.41, 5.74) is 1.71. The van der Waals surface area contributed by atoms with Gasteiger partial charge in [0, 0.05) is 30.5 Å². The molecule has 3 amide bonds. The molecule has 1 fully saturated rings. The Morgan fingerprint density at radius 2 is 1.83 bits per heavy atom. The number of nitrogens with zero attached hydrogens (tertiary/aromatic N) is 2.